The summed E-state index contributed by atoms with van der Waals surface area (Å²) in [5.74, 6) is -0.243. The van der Waals surface area contributed by atoms with Gasteiger partial charge in [-0.05, 0) is 38.0 Å². The van der Waals surface area contributed by atoms with E-state index in [2.05, 4.69) is 5.32 Å². The van der Waals surface area contributed by atoms with Crippen LogP contribution in [0.15, 0.2) is 0 Å². The quantitative estimate of drug-likeness (QED) is 0.587. The first-order chi connectivity index (χ1) is 12.0. The molecule has 1 aliphatic heterocycles. The minimum atomic E-state index is -0.668. The van der Waals surface area contributed by atoms with Crippen molar-refractivity contribution >= 4 is 11.9 Å². The van der Waals surface area contributed by atoms with Crippen molar-refractivity contribution in [2.75, 3.05) is 28.4 Å². The molecular weight excluding hydrogens is 326 g/mol. The molecular formula is C18H29NO6. The van der Waals surface area contributed by atoms with Gasteiger partial charge in [0.2, 0.25) is 0 Å². The Kier molecular flexibility index (Phi) is 5.10. The van der Waals surface area contributed by atoms with Gasteiger partial charge in [-0.3, -0.25) is 14.9 Å². The van der Waals surface area contributed by atoms with Crippen molar-refractivity contribution in [1.29, 1.82) is 0 Å². The van der Waals surface area contributed by atoms with Crippen LogP contribution in [-0.2, 0) is 28.5 Å². The zero-order valence-electron chi connectivity index (χ0n) is 15.5. The molecule has 0 amide bonds. The Morgan fingerprint density at radius 1 is 0.960 bits per heavy atom. The van der Waals surface area contributed by atoms with E-state index in [1.165, 1.54) is 14.2 Å². The number of fused-ring (bicyclic) bond motifs is 1. The summed E-state index contributed by atoms with van der Waals surface area (Å²) in [6.07, 6.45) is 5.05. The molecule has 1 spiro atoms. The zero-order valence-corrected chi connectivity index (χ0v) is 15.5. The number of piperidine rings is 1. The molecule has 0 radical (unpaired) electrons. The lowest BCUT2D eigenvalue weighted by molar-refractivity contribution is -0.238. The lowest BCUT2D eigenvalue weighted by atomic mass is 9.50. The van der Waals surface area contributed by atoms with E-state index >= 15 is 0 Å². The van der Waals surface area contributed by atoms with Crippen molar-refractivity contribution in [3.05, 3.63) is 0 Å². The van der Waals surface area contributed by atoms with Crippen molar-refractivity contribution in [3.63, 3.8) is 0 Å². The summed E-state index contributed by atoms with van der Waals surface area (Å²) in [7, 11) is 5.95. The van der Waals surface area contributed by atoms with Gasteiger partial charge in [-0.15, -0.1) is 0 Å². The normalized spacial score (nSPS) is 39.8. The van der Waals surface area contributed by atoms with E-state index in [-0.39, 0.29) is 17.4 Å². The predicted octanol–water partition coefficient (Wildman–Crippen LogP) is 1.25. The molecule has 3 aliphatic rings. The van der Waals surface area contributed by atoms with Gasteiger partial charge >= 0.3 is 11.9 Å². The topological polar surface area (TPSA) is 83.1 Å². The number of esters is 2. The van der Waals surface area contributed by atoms with Crippen molar-refractivity contribution in [2.45, 2.75) is 56.9 Å². The summed E-state index contributed by atoms with van der Waals surface area (Å²) in [6, 6.07) is -1.17. The van der Waals surface area contributed by atoms with E-state index in [0.29, 0.717) is 12.3 Å². The molecule has 1 unspecified atom stereocenters. The van der Waals surface area contributed by atoms with E-state index in [4.69, 9.17) is 18.9 Å². The highest BCUT2D eigenvalue weighted by Gasteiger charge is 2.67. The molecule has 0 aromatic rings. The number of hydrogen-bond acceptors (Lipinski definition) is 7. The van der Waals surface area contributed by atoms with Crippen LogP contribution in [0.4, 0.5) is 0 Å². The van der Waals surface area contributed by atoms with Crippen molar-refractivity contribution in [3.8, 4) is 0 Å². The highest BCUT2D eigenvalue weighted by atomic mass is 16.7. The van der Waals surface area contributed by atoms with Gasteiger partial charge in [0.15, 0.2) is 6.29 Å². The van der Waals surface area contributed by atoms with Crippen LogP contribution in [0.1, 0.15) is 38.5 Å². The Morgan fingerprint density at radius 2 is 1.60 bits per heavy atom. The fourth-order valence-electron chi connectivity index (χ4n) is 5.95. The minimum Gasteiger partial charge on any atom is -0.468 e. The number of hydrogen-bond donors (Lipinski definition) is 1. The van der Waals surface area contributed by atoms with E-state index < -0.39 is 23.8 Å². The SMILES string of the molecule is COC(=O)[C@H]1N[C@@H](C(=O)OC)C23CCC[C@H]2CC[C@]1(C(OC)OC)C3. The molecule has 25 heavy (non-hydrogen) atoms. The molecule has 5 atom stereocenters. The Balaban J connectivity index is 2.08. The number of nitrogens with one attached hydrogen (secondary N) is 1. The molecule has 0 aromatic carbocycles. The highest BCUT2D eigenvalue weighted by Crippen LogP contribution is 2.64. The van der Waals surface area contributed by atoms with E-state index in [1.807, 2.05) is 0 Å². The first kappa shape index (κ1) is 18.6. The average Bonchev–Trinajstić information content (AvgIpc) is 3.04. The second kappa shape index (κ2) is 6.85. The van der Waals surface area contributed by atoms with Crippen LogP contribution < -0.4 is 5.32 Å². The molecule has 7 nitrogen and oxygen atoms in total. The van der Waals surface area contributed by atoms with Crippen LogP contribution in [0, 0.1) is 16.7 Å². The van der Waals surface area contributed by atoms with Crippen LogP contribution in [0.25, 0.3) is 0 Å². The Labute approximate surface area is 148 Å². The molecule has 2 aliphatic carbocycles. The molecule has 1 saturated heterocycles. The van der Waals surface area contributed by atoms with Crippen LogP contribution in [0.5, 0.6) is 0 Å². The lowest BCUT2D eigenvalue weighted by Gasteiger charge is -2.60. The molecule has 3 rings (SSSR count). The molecule has 2 bridgehead atoms. The summed E-state index contributed by atoms with van der Waals surface area (Å²) >= 11 is 0. The monoisotopic (exact) mass is 355 g/mol. The third-order valence-corrected chi connectivity index (χ3v) is 6.88. The standard InChI is InChI=1S/C18H29NO6/c1-22-14(20)12-17-8-5-6-11(17)7-9-18(10-17,16(24-3)25-4)13(19-12)15(21)23-2/h11-13,16,19H,5-10H2,1-4H3/t11-,12-,13+,17?,18-/m0/s1. The second-order valence-corrected chi connectivity index (χ2v) is 7.65. The smallest absolute Gasteiger partial charge is 0.323 e. The van der Waals surface area contributed by atoms with Gasteiger partial charge in [-0.1, -0.05) is 6.42 Å². The molecule has 2 saturated carbocycles. The van der Waals surface area contributed by atoms with Gasteiger partial charge in [-0.25, -0.2) is 0 Å². The summed E-state index contributed by atoms with van der Waals surface area (Å²) in [5, 5.41) is 3.30. The van der Waals surface area contributed by atoms with Crippen LogP contribution >= 0.6 is 0 Å². The average molecular weight is 355 g/mol. The Bertz CT molecular complexity index is 536. The molecule has 0 aromatic heterocycles. The number of ether oxygens (including phenoxy) is 4. The van der Waals surface area contributed by atoms with Crippen molar-refractivity contribution in [2.24, 2.45) is 16.7 Å². The van der Waals surface area contributed by atoms with Crippen LogP contribution in [0.3, 0.4) is 0 Å². The van der Waals surface area contributed by atoms with Crippen molar-refractivity contribution < 1.29 is 28.5 Å². The molecule has 1 heterocycles. The molecule has 142 valence electrons. The van der Waals surface area contributed by atoms with E-state index in [9.17, 15) is 9.59 Å². The molecule has 3 fully saturated rings. The molecule has 1 N–H and O–H groups in total. The van der Waals surface area contributed by atoms with Gasteiger partial charge in [0.05, 0.1) is 14.2 Å². The fraction of sp³-hybridized carbons (Fsp3) is 0.889. The van der Waals surface area contributed by atoms with E-state index in [1.54, 1.807) is 14.2 Å². The summed E-state index contributed by atoms with van der Waals surface area (Å²) in [5.41, 5.74) is -0.771. The first-order valence-electron chi connectivity index (χ1n) is 8.96. The predicted molar refractivity (Wildman–Crippen MR) is 88.6 cm³/mol. The lowest BCUT2D eigenvalue weighted by Crippen LogP contribution is -2.73. The second-order valence-electron chi connectivity index (χ2n) is 7.65. The van der Waals surface area contributed by atoms with Crippen LogP contribution in [-0.4, -0.2) is 58.8 Å². The van der Waals surface area contributed by atoms with Gasteiger partial charge in [-0.2, -0.15) is 0 Å². The van der Waals surface area contributed by atoms with Gasteiger partial charge in [0.1, 0.15) is 12.1 Å². The number of methoxy groups -OCH3 is 4. The number of carbonyl (C=O) groups excluding carboxylic acids is 2. The van der Waals surface area contributed by atoms with Gasteiger partial charge < -0.3 is 18.9 Å². The Hall–Kier alpha value is -1.18. The third kappa shape index (κ3) is 2.59. The first-order valence-corrected chi connectivity index (χ1v) is 8.96. The highest BCUT2D eigenvalue weighted by molar-refractivity contribution is 5.82. The number of rotatable bonds is 5. The summed E-state index contributed by atoms with van der Waals surface area (Å²) in [4.78, 5) is 25.2. The van der Waals surface area contributed by atoms with Gasteiger partial charge in [0, 0.05) is 25.0 Å². The Morgan fingerprint density at radius 3 is 2.20 bits per heavy atom. The maximum absolute atomic E-state index is 12.6. The number of carbonyl (C=O) groups is 2. The summed E-state index contributed by atoms with van der Waals surface area (Å²) in [6.45, 7) is 0. The molecule has 7 heteroatoms. The zero-order chi connectivity index (χ0) is 18.2. The van der Waals surface area contributed by atoms with Crippen LogP contribution in [0.2, 0.25) is 0 Å². The fourth-order valence-corrected chi connectivity index (χ4v) is 5.95. The maximum atomic E-state index is 12.6. The van der Waals surface area contributed by atoms with Crippen molar-refractivity contribution in [1.82, 2.24) is 5.32 Å². The van der Waals surface area contributed by atoms with Gasteiger partial charge in [0.25, 0.3) is 0 Å². The maximum Gasteiger partial charge on any atom is 0.323 e. The summed E-state index contributed by atoms with van der Waals surface area (Å²) < 4.78 is 21.4. The minimum absolute atomic E-state index is 0.217. The largest absolute Gasteiger partial charge is 0.468 e. The van der Waals surface area contributed by atoms with E-state index in [0.717, 1.165) is 32.1 Å². The third-order valence-electron chi connectivity index (χ3n) is 6.88.